The van der Waals surface area contributed by atoms with Crippen LogP contribution < -0.4 is 10.2 Å². The molecule has 0 saturated carbocycles. The Morgan fingerprint density at radius 1 is 1.41 bits per heavy atom. The zero-order valence-electron chi connectivity index (χ0n) is 10.5. The highest BCUT2D eigenvalue weighted by Crippen LogP contribution is 2.14. The summed E-state index contributed by atoms with van der Waals surface area (Å²) in [6, 6.07) is 3.81. The molecule has 0 saturated heterocycles. The van der Waals surface area contributed by atoms with E-state index in [4.69, 9.17) is 0 Å². The number of hydrogen-bond donors (Lipinski definition) is 1. The van der Waals surface area contributed by atoms with Crippen molar-refractivity contribution in [2.45, 2.75) is 26.8 Å². The van der Waals surface area contributed by atoms with Gasteiger partial charge in [-0.3, -0.25) is 0 Å². The maximum atomic E-state index is 12.3. The van der Waals surface area contributed by atoms with Gasteiger partial charge >= 0.3 is 0 Å². The van der Waals surface area contributed by atoms with E-state index < -0.39 is 6.43 Å². The topological polar surface area (TPSA) is 28.2 Å². The summed E-state index contributed by atoms with van der Waals surface area (Å²) in [6.07, 6.45) is -2.35. The number of alkyl halides is 2. The van der Waals surface area contributed by atoms with Gasteiger partial charge in [0, 0.05) is 19.3 Å². The minimum atomic E-state index is -2.35. The number of nitrogens with zero attached hydrogens (tertiary/aromatic N) is 2. The maximum Gasteiger partial charge on any atom is 0.255 e. The molecule has 17 heavy (non-hydrogen) atoms. The minimum absolute atomic E-state index is 0.295. The lowest BCUT2D eigenvalue weighted by Crippen LogP contribution is -2.25. The van der Waals surface area contributed by atoms with E-state index in [1.54, 1.807) is 7.05 Å². The lowest BCUT2D eigenvalue weighted by molar-refractivity contribution is 0.156. The molecule has 1 aromatic rings. The maximum absolute atomic E-state index is 12.3. The molecule has 0 aliphatic rings. The fourth-order valence-electron chi connectivity index (χ4n) is 1.59. The van der Waals surface area contributed by atoms with Gasteiger partial charge in [-0.05, 0) is 31.2 Å². The van der Waals surface area contributed by atoms with E-state index in [0.717, 1.165) is 24.3 Å². The number of anilines is 1. The smallest absolute Gasteiger partial charge is 0.255 e. The molecule has 0 amide bonds. The molecular weight excluding hydrogens is 224 g/mol. The molecule has 0 radical (unpaired) electrons. The largest absolute Gasteiger partial charge is 0.354 e. The van der Waals surface area contributed by atoms with Crippen LogP contribution in [0, 0.1) is 6.92 Å². The number of aryl methyl sites for hydroxylation is 1. The lowest BCUT2D eigenvalue weighted by atomic mass is 10.2. The first-order chi connectivity index (χ1) is 8.02. The Hall–Kier alpha value is -1.23. The second kappa shape index (κ2) is 6.49. The van der Waals surface area contributed by atoms with Gasteiger partial charge < -0.3 is 10.2 Å². The first-order valence-corrected chi connectivity index (χ1v) is 5.70. The van der Waals surface area contributed by atoms with Gasteiger partial charge in [-0.15, -0.1) is 0 Å². The Morgan fingerprint density at radius 3 is 2.71 bits per heavy atom. The van der Waals surface area contributed by atoms with Crippen molar-refractivity contribution in [1.82, 2.24) is 10.3 Å². The summed E-state index contributed by atoms with van der Waals surface area (Å²) in [5.74, 6) is 0.596. The highest BCUT2D eigenvalue weighted by molar-refractivity contribution is 5.41. The molecule has 0 spiro atoms. The van der Waals surface area contributed by atoms with E-state index in [-0.39, 0.29) is 6.54 Å². The monoisotopic (exact) mass is 243 g/mol. The van der Waals surface area contributed by atoms with Crippen LogP contribution >= 0.6 is 0 Å². The summed E-state index contributed by atoms with van der Waals surface area (Å²) >= 11 is 0. The van der Waals surface area contributed by atoms with Crippen LogP contribution in [0.15, 0.2) is 12.1 Å². The lowest BCUT2D eigenvalue weighted by Gasteiger charge is -2.19. The molecule has 0 fully saturated rings. The first kappa shape index (κ1) is 13.8. The van der Waals surface area contributed by atoms with E-state index in [1.165, 1.54) is 4.90 Å². The Bertz CT molecular complexity index is 356. The SMILES string of the molecule is CCNCc1cc(C)nc(N(C)CC(F)F)c1. The van der Waals surface area contributed by atoms with Crippen molar-refractivity contribution >= 4 is 5.82 Å². The van der Waals surface area contributed by atoms with Crippen LogP contribution in [-0.4, -0.2) is 31.5 Å². The quantitative estimate of drug-likeness (QED) is 0.830. The molecule has 0 atom stereocenters. The van der Waals surface area contributed by atoms with Crippen molar-refractivity contribution in [3.8, 4) is 0 Å². The van der Waals surface area contributed by atoms with Crippen LogP contribution in [0.25, 0.3) is 0 Å². The van der Waals surface area contributed by atoms with Gasteiger partial charge in [-0.1, -0.05) is 6.92 Å². The van der Waals surface area contributed by atoms with E-state index >= 15 is 0 Å². The zero-order valence-corrected chi connectivity index (χ0v) is 10.5. The van der Waals surface area contributed by atoms with Gasteiger partial charge in [0.05, 0.1) is 6.54 Å². The molecule has 0 aromatic carbocycles. The van der Waals surface area contributed by atoms with Crippen LogP contribution in [0.1, 0.15) is 18.2 Å². The molecular formula is C12H19F2N3. The number of rotatable bonds is 6. The molecule has 0 aliphatic heterocycles. The van der Waals surface area contributed by atoms with Crippen LogP contribution in [-0.2, 0) is 6.54 Å². The average molecular weight is 243 g/mol. The van der Waals surface area contributed by atoms with Crippen molar-refractivity contribution in [2.24, 2.45) is 0 Å². The van der Waals surface area contributed by atoms with Gasteiger partial charge in [0.15, 0.2) is 0 Å². The van der Waals surface area contributed by atoms with Gasteiger partial charge in [-0.2, -0.15) is 0 Å². The minimum Gasteiger partial charge on any atom is -0.354 e. The number of nitrogens with one attached hydrogen (secondary N) is 1. The molecule has 1 rings (SSSR count). The van der Waals surface area contributed by atoms with Crippen LogP contribution in [0.2, 0.25) is 0 Å². The number of aromatic nitrogens is 1. The highest BCUT2D eigenvalue weighted by Gasteiger charge is 2.10. The van der Waals surface area contributed by atoms with Crippen molar-refractivity contribution < 1.29 is 8.78 Å². The third-order valence-corrected chi connectivity index (χ3v) is 2.38. The summed E-state index contributed by atoms with van der Waals surface area (Å²) in [5, 5.41) is 3.20. The second-order valence-corrected chi connectivity index (χ2v) is 4.03. The fraction of sp³-hybridized carbons (Fsp3) is 0.583. The zero-order chi connectivity index (χ0) is 12.8. The predicted molar refractivity (Wildman–Crippen MR) is 65.6 cm³/mol. The van der Waals surface area contributed by atoms with Crippen molar-refractivity contribution in [3.63, 3.8) is 0 Å². The Kier molecular flexibility index (Phi) is 5.28. The molecule has 96 valence electrons. The third kappa shape index (κ3) is 4.65. The summed E-state index contributed by atoms with van der Waals surface area (Å²) in [4.78, 5) is 5.74. The van der Waals surface area contributed by atoms with E-state index in [0.29, 0.717) is 5.82 Å². The van der Waals surface area contributed by atoms with Gasteiger partial charge in [-0.25, -0.2) is 13.8 Å². The number of pyridine rings is 1. The molecule has 1 aromatic heterocycles. The number of halogens is 2. The Morgan fingerprint density at radius 2 is 2.12 bits per heavy atom. The predicted octanol–water partition coefficient (Wildman–Crippen LogP) is 2.20. The van der Waals surface area contributed by atoms with Gasteiger partial charge in [0.25, 0.3) is 6.43 Å². The average Bonchev–Trinajstić information content (AvgIpc) is 2.24. The summed E-state index contributed by atoms with van der Waals surface area (Å²) in [6.45, 7) is 5.21. The standard InChI is InChI=1S/C12H19F2N3/c1-4-15-7-10-5-9(2)16-12(6-10)17(3)8-11(13)14/h5-6,11,15H,4,7-8H2,1-3H3. The molecule has 5 heteroatoms. The highest BCUT2D eigenvalue weighted by atomic mass is 19.3. The molecule has 1 N–H and O–H groups in total. The van der Waals surface area contributed by atoms with Crippen LogP contribution in [0.5, 0.6) is 0 Å². The summed E-state index contributed by atoms with van der Waals surface area (Å²) in [7, 11) is 1.63. The third-order valence-electron chi connectivity index (χ3n) is 2.38. The van der Waals surface area contributed by atoms with E-state index in [1.807, 2.05) is 26.0 Å². The molecule has 1 heterocycles. The van der Waals surface area contributed by atoms with E-state index in [2.05, 4.69) is 10.3 Å². The Labute approximate surface area is 101 Å². The first-order valence-electron chi connectivity index (χ1n) is 5.70. The summed E-state index contributed by atoms with van der Waals surface area (Å²) in [5.41, 5.74) is 1.91. The van der Waals surface area contributed by atoms with Gasteiger partial charge in [0.2, 0.25) is 0 Å². The van der Waals surface area contributed by atoms with Crippen LogP contribution in [0.3, 0.4) is 0 Å². The van der Waals surface area contributed by atoms with E-state index in [9.17, 15) is 8.78 Å². The molecule has 0 bridgehead atoms. The normalized spacial score (nSPS) is 10.9. The van der Waals surface area contributed by atoms with Gasteiger partial charge in [0.1, 0.15) is 5.82 Å². The van der Waals surface area contributed by atoms with Crippen molar-refractivity contribution in [1.29, 1.82) is 0 Å². The molecule has 0 aliphatic carbocycles. The molecule has 0 unspecified atom stereocenters. The number of hydrogen-bond acceptors (Lipinski definition) is 3. The summed E-state index contributed by atoms with van der Waals surface area (Å²) < 4.78 is 24.6. The Balaban J connectivity index is 2.80. The fourth-order valence-corrected chi connectivity index (χ4v) is 1.59. The van der Waals surface area contributed by atoms with Crippen LogP contribution in [0.4, 0.5) is 14.6 Å². The van der Waals surface area contributed by atoms with Crippen molar-refractivity contribution in [2.75, 3.05) is 25.0 Å². The molecule has 3 nitrogen and oxygen atoms in total. The second-order valence-electron chi connectivity index (χ2n) is 4.03. The van der Waals surface area contributed by atoms with Crippen molar-refractivity contribution in [3.05, 3.63) is 23.4 Å².